The molecule has 0 radical (unpaired) electrons. The van der Waals surface area contributed by atoms with Crippen molar-refractivity contribution in [2.75, 3.05) is 25.6 Å². The third-order valence-electron chi connectivity index (χ3n) is 4.23. The Labute approximate surface area is 126 Å². The molecule has 1 aromatic heterocycles. The fourth-order valence-electron chi connectivity index (χ4n) is 2.72. The van der Waals surface area contributed by atoms with Gasteiger partial charge in [-0.3, -0.25) is 4.79 Å². The van der Waals surface area contributed by atoms with Gasteiger partial charge in [0.2, 0.25) is 0 Å². The van der Waals surface area contributed by atoms with E-state index in [1.165, 1.54) is 0 Å². The third-order valence-corrected chi connectivity index (χ3v) is 4.23. The topological polar surface area (TPSA) is 52.5 Å². The second kappa shape index (κ2) is 7.09. The number of nitrogens with one attached hydrogen (secondary N) is 1. The monoisotopic (exact) mass is 294 g/mol. The number of rotatable bonds is 6. The molecule has 0 saturated carbocycles. The Kier molecular flexibility index (Phi) is 5.42. The van der Waals surface area contributed by atoms with Crippen molar-refractivity contribution < 1.29 is 9.47 Å². The van der Waals surface area contributed by atoms with Gasteiger partial charge in [0.05, 0.1) is 17.9 Å². The van der Waals surface area contributed by atoms with Gasteiger partial charge in [-0.05, 0) is 32.3 Å². The van der Waals surface area contributed by atoms with Gasteiger partial charge in [0.15, 0.2) is 0 Å². The van der Waals surface area contributed by atoms with Gasteiger partial charge in [-0.1, -0.05) is 6.92 Å². The van der Waals surface area contributed by atoms with Crippen molar-refractivity contribution in [3.8, 4) is 0 Å². The van der Waals surface area contributed by atoms with E-state index in [2.05, 4.69) is 19.2 Å². The van der Waals surface area contributed by atoms with Crippen LogP contribution in [0.5, 0.6) is 0 Å². The van der Waals surface area contributed by atoms with Gasteiger partial charge >= 0.3 is 0 Å². The average molecular weight is 294 g/mol. The van der Waals surface area contributed by atoms with Crippen molar-refractivity contribution in [3.05, 3.63) is 28.7 Å². The number of ether oxygens (including phenoxy) is 2. The Hall–Kier alpha value is -1.33. The van der Waals surface area contributed by atoms with Crippen LogP contribution in [0.15, 0.2) is 23.1 Å². The van der Waals surface area contributed by atoms with Gasteiger partial charge < -0.3 is 19.4 Å². The summed E-state index contributed by atoms with van der Waals surface area (Å²) in [4.78, 5) is 11.8. The zero-order valence-corrected chi connectivity index (χ0v) is 13.2. The number of hydrogen-bond acceptors (Lipinski definition) is 4. The van der Waals surface area contributed by atoms with Crippen LogP contribution in [0.3, 0.4) is 0 Å². The highest BCUT2D eigenvalue weighted by molar-refractivity contribution is 5.41. The molecule has 1 N–H and O–H groups in total. The summed E-state index contributed by atoms with van der Waals surface area (Å²) < 4.78 is 12.6. The Bertz CT molecular complexity index is 514. The molecule has 1 aliphatic heterocycles. The van der Waals surface area contributed by atoms with E-state index in [1.54, 1.807) is 17.7 Å². The normalized spacial score (nSPS) is 25.8. The van der Waals surface area contributed by atoms with E-state index in [0.717, 1.165) is 31.6 Å². The van der Waals surface area contributed by atoms with Gasteiger partial charge in [-0.15, -0.1) is 0 Å². The summed E-state index contributed by atoms with van der Waals surface area (Å²) >= 11 is 0. The van der Waals surface area contributed by atoms with Crippen LogP contribution in [0, 0.1) is 0 Å². The van der Waals surface area contributed by atoms with Crippen molar-refractivity contribution in [2.45, 2.75) is 51.3 Å². The van der Waals surface area contributed by atoms with Crippen LogP contribution >= 0.6 is 0 Å². The first kappa shape index (κ1) is 16.0. The van der Waals surface area contributed by atoms with Crippen LogP contribution in [-0.2, 0) is 16.0 Å². The summed E-state index contributed by atoms with van der Waals surface area (Å²) in [6.45, 7) is 6.22. The van der Waals surface area contributed by atoms with E-state index in [1.807, 2.05) is 12.3 Å². The van der Waals surface area contributed by atoms with Crippen molar-refractivity contribution in [1.29, 1.82) is 0 Å². The summed E-state index contributed by atoms with van der Waals surface area (Å²) in [7, 11) is 1.64. The molecule has 2 rings (SSSR count). The molecule has 2 atom stereocenters. The lowest BCUT2D eigenvalue weighted by Crippen LogP contribution is -2.42. The quantitative estimate of drug-likeness (QED) is 0.874. The number of nitrogens with zero attached hydrogens (tertiary/aromatic N) is 1. The van der Waals surface area contributed by atoms with E-state index in [0.29, 0.717) is 19.2 Å². The SMILES string of the molecule is CCC1(C)CC(Nc2ccc(=O)n(CCOC)c2)CCO1. The molecule has 0 amide bonds. The number of anilines is 1. The van der Waals surface area contributed by atoms with Crippen LogP contribution in [0.25, 0.3) is 0 Å². The third kappa shape index (κ3) is 4.32. The molecular weight excluding hydrogens is 268 g/mol. The number of methoxy groups -OCH3 is 1. The molecule has 5 heteroatoms. The zero-order chi connectivity index (χ0) is 15.3. The Morgan fingerprint density at radius 3 is 3.05 bits per heavy atom. The predicted molar refractivity (Wildman–Crippen MR) is 83.9 cm³/mol. The predicted octanol–water partition coefficient (Wildman–Crippen LogP) is 2.25. The zero-order valence-electron chi connectivity index (χ0n) is 13.2. The summed E-state index contributed by atoms with van der Waals surface area (Å²) in [6, 6.07) is 3.85. The Morgan fingerprint density at radius 1 is 1.52 bits per heavy atom. The van der Waals surface area contributed by atoms with E-state index < -0.39 is 0 Å². The fraction of sp³-hybridized carbons (Fsp3) is 0.688. The first-order valence-electron chi connectivity index (χ1n) is 7.66. The number of aromatic nitrogens is 1. The molecule has 5 nitrogen and oxygen atoms in total. The van der Waals surface area contributed by atoms with Crippen LogP contribution in [0.4, 0.5) is 5.69 Å². The molecule has 1 aromatic rings. The number of hydrogen-bond donors (Lipinski definition) is 1. The van der Waals surface area contributed by atoms with Gasteiger partial charge in [0, 0.05) is 38.6 Å². The molecule has 0 spiro atoms. The van der Waals surface area contributed by atoms with Crippen LogP contribution in [-0.4, -0.2) is 36.5 Å². The van der Waals surface area contributed by atoms with Crippen molar-refractivity contribution in [2.24, 2.45) is 0 Å². The number of pyridine rings is 1. The van der Waals surface area contributed by atoms with Crippen molar-refractivity contribution in [1.82, 2.24) is 4.57 Å². The van der Waals surface area contributed by atoms with E-state index >= 15 is 0 Å². The van der Waals surface area contributed by atoms with Gasteiger partial charge in [-0.2, -0.15) is 0 Å². The fourth-order valence-corrected chi connectivity index (χ4v) is 2.72. The first-order chi connectivity index (χ1) is 10.1. The summed E-state index contributed by atoms with van der Waals surface area (Å²) in [5, 5.41) is 3.53. The lowest BCUT2D eigenvalue weighted by Gasteiger charge is -2.38. The van der Waals surface area contributed by atoms with Crippen LogP contribution < -0.4 is 10.9 Å². The minimum Gasteiger partial charge on any atom is -0.383 e. The van der Waals surface area contributed by atoms with Crippen molar-refractivity contribution >= 4 is 5.69 Å². The molecule has 0 aliphatic carbocycles. The maximum atomic E-state index is 11.8. The second-order valence-corrected chi connectivity index (χ2v) is 5.93. The maximum absolute atomic E-state index is 11.8. The Balaban J connectivity index is 2.04. The Morgan fingerprint density at radius 2 is 2.33 bits per heavy atom. The van der Waals surface area contributed by atoms with E-state index in [9.17, 15) is 4.79 Å². The van der Waals surface area contributed by atoms with Gasteiger partial charge in [0.1, 0.15) is 0 Å². The molecule has 1 aliphatic rings. The smallest absolute Gasteiger partial charge is 0.250 e. The molecule has 0 bridgehead atoms. The van der Waals surface area contributed by atoms with E-state index in [-0.39, 0.29) is 11.2 Å². The largest absolute Gasteiger partial charge is 0.383 e. The highest BCUT2D eigenvalue weighted by Crippen LogP contribution is 2.29. The standard InChI is InChI=1S/C16H26N2O3/c1-4-16(2)11-13(7-9-21-16)17-14-5-6-15(19)18(12-14)8-10-20-3/h5-6,12-13,17H,4,7-11H2,1-3H3. The van der Waals surface area contributed by atoms with Crippen molar-refractivity contribution in [3.63, 3.8) is 0 Å². The highest BCUT2D eigenvalue weighted by atomic mass is 16.5. The minimum absolute atomic E-state index is 0.00275. The van der Waals surface area contributed by atoms with Crippen LogP contribution in [0.2, 0.25) is 0 Å². The minimum atomic E-state index is -0.0413. The maximum Gasteiger partial charge on any atom is 0.250 e. The van der Waals surface area contributed by atoms with E-state index in [4.69, 9.17) is 9.47 Å². The molecular formula is C16H26N2O3. The molecule has 21 heavy (non-hydrogen) atoms. The molecule has 1 saturated heterocycles. The summed E-state index contributed by atoms with van der Waals surface area (Å²) in [5.41, 5.74) is 0.944. The molecule has 2 unspecified atom stereocenters. The molecule has 118 valence electrons. The van der Waals surface area contributed by atoms with Gasteiger partial charge in [-0.25, -0.2) is 0 Å². The lowest BCUT2D eigenvalue weighted by atomic mass is 9.90. The average Bonchev–Trinajstić information content (AvgIpc) is 2.48. The first-order valence-corrected chi connectivity index (χ1v) is 7.66. The molecule has 1 fully saturated rings. The second-order valence-electron chi connectivity index (χ2n) is 5.93. The van der Waals surface area contributed by atoms with Gasteiger partial charge in [0.25, 0.3) is 5.56 Å². The summed E-state index contributed by atoms with van der Waals surface area (Å²) in [6.07, 6.45) is 4.87. The highest BCUT2D eigenvalue weighted by Gasteiger charge is 2.31. The van der Waals surface area contributed by atoms with Crippen LogP contribution in [0.1, 0.15) is 33.1 Å². The lowest BCUT2D eigenvalue weighted by molar-refractivity contribution is -0.0708. The summed E-state index contributed by atoms with van der Waals surface area (Å²) in [5.74, 6) is 0. The molecule has 0 aromatic carbocycles. The molecule has 2 heterocycles.